The van der Waals surface area contributed by atoms with Gasteiger partial charge in [0.2, 0.25) is 11.8 Å². The average molecular weight is 470 g/mol. The zero-order valence-corrected chi connectivity index (χ0v) is 18.3. The fourth-order valence-corrected chi connectivity index (χ4v) is 4.39. The molecule has 0 aromatic heterocycles. The second-order valence-electron chi connectivity index (χ2n) is 6.60. The van der Waals surface area contributed by atoms with E-state index in [1.54, 1.807) is 0 Å². The Bertz CT molecular complexity index is 996. The largest absolute Gasteiger partial charge is 0.325 e. The second-order valence-corrected chi connectivity index (χ2v) is 8.50. The Morgan fingerprint density at radius 1 is 1.31 bits per heavy atom. The van der Waals surface area contributed by atoms with Crippen LogP contribution in [0.15, 0.2) is 63.6 Å². The number of rotatable bonds is 6. The van der Waals surface area contributed by atoms with Crippen LogP contribution >= 0.6 is 27.7 Å². The summed E-state index contributed by atoms with van der Waals surface area (Å²) in [4.78, 5) is 24.5. The van der Waals surface area contributed by atoms with E-state index in [0.29, 0.717) is 10.6 Å². The van der Waals surface area contributed by atoms with E-state index in [0.717, 1.165) is 22.1 Å². The first-order valence-electron chi connectivity index (χ1n) is 9.21. The molecule has 0 unspecified atom stereocenters. The first kappa shape index (κ1) is 21.2. The Labute approximate surface area is 182 Å². The molecule has 148 valence electrons. The van der Waals surface area contributed by atoms with Gasteiger partial charge >= 0.3 is 0 Å². The van der Waals surface area contributed by atoms with Crippen molar-refractivity contribution >= 4 is 45.2 Å². The minimum absolute atomic E-state index is 0.0987. The highest BCUT2D eigenvalue weighted by Gasteiger charge is 2.30. The number of thioether (sulfide) groups is 1. The number of allylic oxidation sites excluding steroid dienone is 1. The molecule has 2 aromatic rings. The zero-order chi connectivity index (χ0) is 20.8. The predicted octanol–water partition coefficient (Wildman–Crippen LogP) is 4.72. The third kappa shape index (κ3) is 5.49. The summed E-state index contributed by atoms with van der Waals surface area (Å²) in [7, 11) is 0. The number of amides is 2. The van der Waals surface area contributed by atoms with Crippen LogP contribution < -0.4 is 10.6 Å². The van der Waals surface area contributed by atoms with Crippen LogP contribution in [0, 0.1) is 11.3 Å². The molecule has 2 aromatic carbocycles. The standard InChI is InChI=1S/C22H20BrN3O2S/c1-2-14-6-8-17(9-7-14)25-21(28)13-29-22-19(12-24)18(11-20(27)26-22)15-4-3-5-16(23)10-15/h3-10,18H,2,11,13H2,1H3,(H,25,28)(H,26,27)/t18-/m1/s1. The molecule has 0 bridgehead atoms. The molecule has 0 aliphatic carbocycles. The molecule has 1 atom stereocenters. The molecule has 0 saturated carbocycles. The Hall–Kier alpha value is -2.56. The van der Waals surface area contributed by atoms with Crippen molar-refractivity contribution in [1.29, 1.82) is 5.26 Å². The Morgan fingerprint density at radius 3 is 2.72 bits per heavy atom. The van der Waals surface area contributed by atoms with Crippen LogP contribution in [-0.4, -0.2) is 17.6 Å². The van der Waals surface area contributed by atoms with Crippen molar-refractivity contribution in [3.8, 4) is 6.07 Å². The smallest absolute Gasteiger partial charge is 0.234 e. The molecule has 0 spiro atoms. The van der Waals surface area contributed by atoms with Gasteiger partial charge < -0.3 is 10.6 Å². The number of nitrogens with zero attached hydrogens (tertiary/aromatic N) is 1. The van der Waals surface area contributed by atoms with E-state index in [-0.39, 0.29) is 29.9 Å². The van der Waals surface area contributed by atoms with E-state index >= 15 is 0 Å². The van der Waals surface area contributed by atoms with Gasteiger partial charge in [0, 0.05) is 22.5 Å². The van der Waals surface area contributed by atoms with E-state index < -0.39 is 0 Å². The van der Waals surface area contributed by atoms with Gasteiger partial charge in [-0.25, -0.2) is 0 Å². The van der Waals surface area contributed by atoms with Crippen LogP contribution in [0.3, 0.4) is 0 Å². The summed E-state index contributed by atoms with van der Waals surface area (Å²) in [6.07, 6.45) is 1.15. The SMILES string of the molecule is CCc1ccc(NC(=O)CSC2=C(C#N)[C@@H](c3cccc(Br)c3)CC(=O)N2)cc1. The predicted molar refractivity (Wildman–Crippen MR) is 119 cm³/mol. The minimum Gasteiger partial charge on any atom is -0.325 e. The summed E-state index contributed by atoms with van der Waals surface area (Å²) >= 11 is 4.61. The van der Waals surface area contributed by atoms with Crippen molar-refractivity contribution in [2.75, 3.05) is 11.1 Å². The number of nitrogens with one attached hydrogen (secondary N) is 2. The van der Waals surface area contributed by atoms with Crippen molar-refractivity contribution in [2.45, 2.75) is 25.7 Å². The second kappa shape index (κ2) is 9.77. The first-order chi connectivity index (χ1) is 14.0. The van der Waals surface area contributed by atoms with Crippen molar-refractivity contribution in [2.24, 2.45) is 0 Å². The number of carbonyl (C=O) groups excluding carboxylic acids is 2. The number of anilines is 1. The number of hydrogen-bond donors (Lipinski definition) is 2. The monoisotopic (exact) mass is 469 g/mol. The molecule has 0 radical (unpaired) electrons. The summed E-state index contributed by atoms with van der Waals surface area (Å²) in [6, 6.07) is 17.5. The Morgan fingerprint density at radius 2 is 2.07 bits per heavy atom. The number of benzene rings is 2. The van der Waals surface area contributed by atoms with Gasteiger partial charge in [-0.1, -0.05) is 58.9 Å². The number of halogens is 1. The zero-order valence-electron chi connectivity index (χ0n) is 15.9. The highest BCUT2D eigenvalue weighted by Crippen LogP contribution is 2.36. The van der Waals surface area contributed by atoms with Gasteiger partial charge in [-0.05, 0) is 41.8 Å². The molecule has 2 amide bonds. The fourth-order valence-electron chi connectivity index (χ4n) is 3.10. The van der Waals surface area contributed by atoms with Gasteiger partial charge in [0.05, 0.1) is 22.4 Å². The molecule has 1 aliphatic heterocycles. The molecular formula is C22H20BrN3O2S. The maximum atomic E-state index is 12.3. The van der Waals surface area contributed by atoms with E-state index in [1.165, 1.54) is 17.3 Å². The maximum absolute atomic E-state index is 12.3. The average Bonchev–Trinajstić information content (AvgIpc) is 2.72. The maximum Gasteiger partial charge on any atom is 0.234 e. The Balaban J connectivity index is 1.72. The number of nitriles is 1. The van der Waals surface area contributed by atoms with Gasteiger partial charge in [-0.2, -0.15) is 5.26 Å². The van der Waals surface area contributed by atoms with Gasteiger partial charge in [0.25, 0.3) is 0 Å². The highest BCUT2D eigenvalue weighted by atomic mass is 79.9. The third-order valence-electron chi connectivity index (χ3n) is 4.60. The fraction of sp³-hybridized carbons (Fsp3) is 0.227. The van der Waals surface area contributed by atoms with Crippen molar-refractivity contribution in [1.82, 2.24) is 5.32 Å². The van der Waals surface area contributed by atoms with E-state index in [9.17, 15) is 14.9 Å². The van der Waals surface area contributed by atoms with E-state index in [1.807, 2.05) is 48.5 Å². The molecule has 0 fully saturated rings. The molecule has 3 rings (SSSR count). The van der Waals surface area contributed by atoms with Gasteiger partial charge in [-0.15, -0.1) is 0 Å². The molecule has 0 saturated heterocycles. The van der Waals surface area contributed by atoms with Crippen LogP contribution in [-0.2, 0) is 16.0 Å². The van der Waals surface area contributed by atoms with Crippen LogP contribution in [0.5, 0.6) is 0 Å². The minimum atomic E-state index is -0.321. The number of hydrogen-bond acceptors (Lipinski definition) is 4. The molecule has 1 heterocycles. The van der Waals surface area contributed by atoms with Gasteiger partial charge in [-0.3, -0.25) is 9.59 Å². The molecule has 2 N–H and O–H groups in total. The van der Waals surface area contributed by atoms with Crippen LogP contribution in [0.1, 0.15) is 30.4 Å². The van der Waals surface area contributed by atoms with Crippen LogP contribution in [0.25, 0.3) is 0 Å². The number of aryl methyl sites for hydroxylation is 1. The van der Waals surface area contributed by atoms with E-state index in [2.05, 4.69) is 39.6 Å². The molecule has 29 heavy (non-hydrogen) atoms. The van der Waals surface area contributed by atoms with Crippen molar-refractivity contribution < 1.29 is 9.59 Å². The van der Waals surface area contributed by atoms with Crippen molar-refractivity contribution in [3.05, 3.63) is 74.7 Å². The quantitative estimate of drug-likeness (QED) is 0.640. The number of carbonyl (C=O) groups is 2. The molecular weight excluding hydrogens is 450 g/mol. The molecule has 1 aliphatic rings. The lowest BCUT2D eigenvalue weighted by Crippen LogP contribution is -2.31. The van der Waals surface area contributed by atoms with Crippen molar-refractivity contribution in [3.63, 3.8) is 0 Å². The highest BCUT2D eigenvalue weighted by molar-refractivity contribution is 9.10. The first-order valence-corrected chi connectivity index (χ1v) is 11.0. The summed E-state index contributed by atoms with van der Waals surface area (Å²) in [5.74, 6) is -0.574. The summed E-state index contributed by atoms with van der Waals surface area (Å²) < 4.78 is 0.890. The lowest BCUT2D eigenvalue weighted by molar-refractivity contribution is -0.121. The Kier molecular flexibility index (Phi) is 7.13. The molecule has 5 nitrogen and oxygen atoms in total. The normalized spacial score (nSPS) is 16.2. The summed E-state index contributed by atoms with van der Waals surface area (Å²) in [6.45, 7) is 2.07. The van der Waals surface area contributed by atoms with Crippen LogP contribution in [0.2, 0.25) is 0 Å². The summed E-state index contributed by atoms with van der Waals surface area (Å²) in [5.41, 5.74) is 3.30. The molecule has 7 heteroatoms. The third-order valence-corrected chi connectivity index (χ3v) is 6.11. The van der Waals surface area contributed by atoms with Crippen LogP contribution in [0.4, 0.5) is 5.69 Å². The topological polar surface area (TPSA) is 82.0 Å². The summed E-state index contributed by atoms with van der Waals surface area (Å²) in [5, 5.41) is 15.8. The van der Waals surface area contributed by atoms with Gasteiger partial charge in [0.1, 0.15) is 0 Å². The van der Waals surface area contributed by atoms with Gasteiger partial charge in [0.15, 0.2) is 0 Å². The van der Waals surface area contributed by atoms with E-state index in [4.69, 9.17) is 0 Å². The lowest BCUT2D eigenvalue weighted by atomic mass is 9.87. The lowest BCUT2D eigenvalue weighted by Gasteiger charge is -2.25.